The molecule has 5 saturated carbocycles. The summed E-state index contributed by atoms with van der Waals surface area (Å²) in [5, 5.41) is 9.29. The molecule has 9 atom stereocenters. The zero-order valence-corrected chi connectivity index (χ0v) is 28.9. The Kier molecular flexibility index (Phi) is 7.97. The fraction of sp³-hybridized carbons (Fsp3) is 0.846. The number of fused-ring (bicyclic) bond motifs is 7. The summed E-state index contributed by atoms with van der Waals surface area (Å²) >= 11 is 0. The van der Waals surface area contributed by atoms with Gasteiger partial charge in [-0.1, -0.05) is 54.9 Å². The number of carboxylic acids is 1. The molecule has 5 heteroatoms. The topological polar surface area (TPSA) is 68.5 Å². The van der Waals surface area contributed by atoms with Crippen LogP contribution in [0.15, 0.2) is 24.5 Å². The van der Waals surface area contributed by atoms with Crippen molar-refractivity contribution < 1.29 is 19.4 Å². The van der Waals surface area contributed by atoms with E-state index in [2.05, 4.69) is 63.7 Å². The van der Waals surface area contributed by atoms with Crippen LogP contribution >= 0.6 is 0 Å². The predicted molar refractivity (Wildman–Crippen MR) is 175 cm³/mol. The Morgan fingerprint density at radius 1 is 0.818 bits per heavy atom. The highest BCUT2D eigenvalue weighted by Crippen LogP contribution is 2.77. The summed E-state index contributed by atoms with van der Waals surface area (Å²) < 4.78 is 8.67. The highest BCUT2D eigenvalue weighted by Gasteiger charge is 2.70. The second-order valence-corrected chi connectivity index (χ2v) is 18.5. The molecule has 5 nitrogen and oxygen atoms in total. The Balaban J connectivity index is 1.19. The summed E-state index contributed by atoms with van der Waals surface area (Å²) in [6, 6.07) is 4.34. The molecule has 5 aliphatic carbocycles. The minimum Gasteiger partial charge on any atom is -0.481 e. The van der Waals surface area contributed by atoms with Crippen LogP contribution in [0.2, 0.25) is 0 Å². The monoisotopic (exact) mass is 607 g/mol. The van der Waals surface area contributed by atoms with Crippen LogP contribution in [-0.4, -0.2) is 27.7 Å². The number of esters is 1. The van der Waals surface area contributed by atoms with Gasteiger partial charge in [0.2, 0.25) is 0 Å². The van der Waals surface area contributed by atoms with E-state index in [4.69, 9.17) is 4.74 Å². The van der Waals surface area contributed by atoms with E-state index in [9.17, 15) is 14.7 Å². The van der Waals surface area contributed by atoms with Gasteiger partial charge >= 0.3 is 11.9 Å². The van der Waals surface area contributed by atoms with Crippen LogP contribution in [0.5, 0.6) is 0 Å². The molecule has 6 rings (SSSR count). The number of rotatable bonds is 8. The van der Waals surface area contributed by atoms with Crippen LogP contribution in [0.1, 0.15) is 138 Å². The highest BCUT2D eigenvalue weighted by molar-refractivity contribution is 5.73. The van der Waals surface area contributed by atoms with Gasteiger partial charge in [-0.2, -0.15) is 0 Å². The maximum atomic E-state index is 13.1. The van der Waals surface area contributed by atoms with Gasteiger partial charge in [-0.15, -0.1) is 0 Å². The van der Waals surface area contributed by atoms with Crippen molar-refractivity contribution in [3.8, 4) is 0 Å². The normalized spacial score (nSPS) is 42.8. The smallest absolute Gasteiger partial charge is 0.306 e. The van der Waals surface area contributed by atoms with E-state index in [1.54, 1.807) is 0 Å². The minimum absolute atomic E-state index is 0.0218. The Bertz CT molecular complexity index is 1230. The lowest BCUT2D eigenvalue weighted by atomic mass is 9.32. The number of carbonyl (C=O) groups excluding carboxylic acids is 1. The largest absolute Gasteiger partial charge is 0.481 e. The Morgan fingerprint density at radius 3 is 2.25 bits per heavy atom. The minimum atomic E-state index is -0.862. The number of ether oxygens (including phenoxy) is 1. The predicted octanol–water partition coefficient (Wildman–Crippen LogP) is 9.54. The van der Waals surface area contributed by atoms with E-state index in [0.29, 0.717) is 28.1 Å². The lowest BCUT2D eigenvalue weighted by Crippen LogP contribution is -2.66. The first-order valence-corrected chi connectivity index (χ1v) is 18.1. The summed E-state index contributed by atoms with van der Waals surface area (Å²) in [6.45, 7) is 17.7. The molecule has 1 aromatic rings. The van der Waals surface area contributed by atoms with Crippen molar-refractivity contribution in [2.75, 3.05) is 0 Å². The summed E-state index contributed by atoms with van der Waals surface area (Å²) in [7, 11) is 0. The van der Waals surface area contributed by atoms with Crippen molar-refractivity contribution in [3.05, 3.63) is 24.5 Å². The first kappa shape index (κ1) is 32.2. The number of nitrogens with zero attached hydrogens (tertiary/aromatic N) is 1. The number of carbonyl (C=O) groups is 2. The number of aromatic nitrogens is 1. The summed E-state index contributed by atoms with van der Waals surface area (Å²) in [5.41, 5.74) is 0.868. The van der Waals surface area contributed by atoms with E-state index in [1.165, 1.54) is 70.8 Å². The zero-order valence-electron chi connectivity index (χ0n) is 28.9. The molecule has 1 aromatic heterocycles. The average Bonchev–Trinajstić information content (AvgIpc) is 3.59. The Morgan fingerprint density at radius 2 is 1.55 bits per heavy atom. The maximum absolute atomic E-state index is 13.1. The van der Waals surface area contributed by atoms with E-state index in [1.807, 2.05) is 13.8 Å². The lowest BCUT2D eigenvalue weighted by molar-refractivity contribution is -0.249. The summed E-state index contributed by atoms with van der Waals surface area (Å²) in [6.07, 6.45) is 20.3. The number of aryl methyl sites for hydroxylation is 1. The molecule has 2 unspecified atom stereocenters. The lowest BCUT2D eigenvalue weighted by Gasteiger charge is -2.72. The van der Waals surface area contributed by atoms with Crippen molar-refractivity contribution >= 4 is 11.9 Å². The third-order valence-corrected chi connectivity index (χ3v) is 15.5. The molecule has 0 radical (unpaired) electrons. The molecular weight excluding hydrogens is 546 g/mol. The molecule has 44 heavy (non-hydrogen) atoms. The molecule has 0 spiro atoms. The highest BCUT2D eigenvalue weighted by atomic mass is 16.5. The van der Waals surface area contributed by atoms with Gasteiger partial charge in [-0.05, 0) is 134 Å². The first-order chi connectivity index (χ1) is 20.6. The molecule has 0 bridgehead atoms. The number of carboxylic acid groups (broad SMARTS) is 1. The number of hydrogen-bond acceptors (Lipinski definition) is 3. The molecule has 0 amide bonds. The summed E-state index contributed by atoms with van der Waals surface area (Å²) in [5.74, 6) is 1.89. The van der Waals surface area contributed by atoms with Gasteiger partial charge in [0.1, 0.15) is 6.10 Å². The van der Waals surface area contributed by atoms with Gasteiger partial charge in [0.25, 0.3) is 0 Å². The quantitative estimate of drug-likeness (QED) is 0.299. The molecule has 0 aromatic carbocycles. The van der Waals surface area contributed by atoms with Gasteiger partial charge in [0, 0.05) is 24.4 Å². The van der Waals surface area contributed by atoms with Crippen molar-refractivity contribution in [2.24, 2.45) is 56.2 Å². The molecule has 1 heterocycles. The van der Waals surface area contributed by atoms with Gasteiger partial charge in [0.05, 0.1) is 12.8 Å². The van der Waals surface area contributed by atoms with E-state index >= 15 is 0 Å². The van der Waals surface area contributed by atoms with Gasteiger partial charge < -0.3 is 14.4 Å². The molecular formula is C39H61NO4. The number of hydrogen-bond donors (Lipinski definition) is 1. The third kappa shape index (κ3) is 5.00. The van der Waals surface area contributed by atoms with Crippen LogP contribution in [0.25, 0.3) is 0 Å². The second kappa shape index (κ2) is 10.9. The van der Waals surface area contributed by atoms with Crippen LogP contribution in [0.4, 0.5) is 0 Å². The fourth-order valence-corrected chi connectivity index (χ4v) is 13.3. The zero-order chi connectivity index (χ0) is 31.8. The molecule has 0 saturated heterocycles. The van der Waals surface area contributed by atoms with Gasteiger partial charge in [-0.25, -0.2) is 0 Å². The first-order valence-electron chi connectivity index (χ1n) is 18.1. The molecule has 0 aliphatic heterocycles. The van der Waals surface area contributed by atoms with Crippen molar-refractivity contribution in [1.82, 2.24) is 4.57 Å². The van der Waals surface area contributed by atoms with E-state index in [-0.39, 0.29) is 35.7 Å². The number of aliphatic carboxylic acids is 1. The van der Waals surface area contributed by atoms with E-state index in [0.717, 1.165) is 24.7 Å². The van der Waals surface area contributed by atoms with Crippen LogP contribution < -0.4 is 0 Å². The van der Waals surface area contributed by atoms with Crippen LogP contribution in [0.3, 0.4) is 0 Å². The SMILES string of the molecule is CC(C)(CC(=O)O)CC(=O)O[C@H]1CC[C@@]2(C)C(CC[C@]3(C)C2CC[C@@H]2[C@H]4CCC[C@]4(CCn4cccc4)CC[C@]23C)C1(C)C. The Hall–Kier alpha value is -1.78. The van der Waals surface area contributed by atoms with Crippen LogP contribution in [0, 0.1) is 56.2 Å². The molecule has 246 valence electrons. The standard InChI is InChI=1S/C39H61NO4/c1-34(2,25-32(41)42)26-33(43)44-31-15-17-36(5)29(35(31,3)4)14-18-38(7)30(36)13-12-27-28-11-10-16-39(28,20-19-37(27,38)6)21-24-40-22-8-9-23-40/h8-9,22-23,27-31H,10-21,24-26H2,1-7H3,(H,41,42)/t27-,28-,29?,30?,31+,36+,37-,38-,39-/m1/s1. The Labute approximate surface area is 267 Å². The average molecular weight is 608 g/mol. The molecule has 5 fully saturated rings. The summed E-state index contributed by atoms with van der Waals surface area (Å²) in [4.78, 5) is 24.5. The second-order valence-electron chi connectivity index (χ2n) is 18.5. The van der Waals surface area contributed by atoms with Crippen molar-refractivity contribution in [1.29, 1.82) is 0 Å². The maximum Gasteiger partial charge on any atom is 0.306 e. The van der Waals surface area contributed by atoms with E-state index < -0.39 is 11.4 Å². The van der Waals surface area contributed by atoms with Gasteiger partial charge in [-0.3, -0.25) is 9.59 Å². The van der Waals surface area contributed by atoms with Crippen molar-refractivity contribution in [2.45, 2.75) is 151 Å². The van der Waals surface area contributed by atoms with Crippen molar-refractivity contribution in [3.63, 3.8) is 0 Å². The fourth-order valence-electron chi connectivity index (χ4n) is 13.3. The molecule has 1 N–H and O–H groups in total. The molecule has 5 aliphatic rings. The third-order valence-electron chi connectivity index (χ3n) is 15.5. The van der Waals surface area contributed by atoms with Gasteiger partial charge in [0.15, 0.2) is 0 Å². The van der Waals surface area contributed by atoms with Crippen LogP contribution in [-0.2, 0) is 20.9 Å².